The first kappa shape index (κ1) is 14.4. The van der Waals surface area contributed by atoms with Crippen molar-refractivity contribution in [3.05, 3.63) is 11.1 Å². The molecule has 1 saturated heterocycles. The van der Waals surface area contributed by atoms with E-state index in [-0.39, 0.29) is 16.8 Å². The molecule has 0 spiro atoms. The van der Waals surface area contributed by atoms with Gasteiger partial charge in [0.15, 0.2) is 10.9 Å². The fourth-order valence-corrected chi connectivity index (χ4v) is 2.65. The minimum Gasteiger partial charge on any atom is -0.381 e. The van der Waals surface area contributed by atoms with E-state index >= 15 is 0 Å². The Labute approximate surface area is 118 Å². The Morgan fingerprint density at radius 2 is 2.42 bits per heavy atom. The van der Waals surface area contributed by atoms with Gasteiger partial charge in [-0.1, -0.05) is 22.9 Å². The number of ether oxygens (including phenoxy) is 1. The lowest BCUT2D eigenvalue weighted by Crippen LogP contribution is -2.24. The van der Waals surface area contributed by atoms with Gasteiger partial charge in [0.05, 0.1) is 17.7 Å². The quantitative estimate of drug-likeness (QED) is 0.684. The highest BCUT2D eigenvalue weighted by Gasteiger charge is 2.25. The van der Waals surface area contributed by atoms with E-state index in [0.717, 1.165) is 24.2 Å². The van der Waals surface area contributed by atoms with Gasteiger partial charge in [-0.05, 0) is 12.8 Å². The Balaban J connectivity index is 1.99. The molecule has 104 valence electrons. The summed E-state index contributed by atoms with van der Waals surface area (Å²) in [6.45, 7) is 1.09. The molecular formula is C11H12ClFN2O3S. The molecule has 2 atom stereocenters. The standard InChI is InChI=1S/C11H12ClFN2O3S/c12-9(13)10(17)15-11-14-4-7(19-11)8(16)6-2-1-3-18-5-6/h4,6,9H,1-3,5H2,(H,14,15,17). The van der Waals surface area contributed by atoms with Crippen LogP contribution in [0.2, 0.25) is 0 Å². The first-order valence-electron chi connectivity index (χ1n) is 5.74. The molecule has 0 aliphatic carbocycles. The Morgan fingerprint density at radius 1 is 1.63 bits per heavy atom. The molecular weight excluding hydrogens is 295 g/mol. The highest BCUT2D eigenvalue weighted by Crippen LogP contribution is 2.25. The number of amides is 1. The molecule has 2 unspecified atom stereocenters. The van der Waals surface area contributed by atoms with Crippen LogP contribution in [0.4, 0.5) is 9.52 Å². The van der Waals surface area contributed by atoms with E-state index in [0.29, 0.717) is 18.1 Å². The molecule has 1 amide bonds. The van der Waals surface area contributed by atoms with Crippen LogP contribution in [0.25, 0.3) is 0 Å². The van der Waals surface area contributed by atoms with Crippen LogP contribution in [0.5, 0.6) is 0 Å². The van der Waals surface area contributed by atoms with Crippen molar-refractivity contribution in [2.45, 2.75) is 18.5 Å². The van der Waals surface area contributed by atoms with Gasteiger partial charge in [-0.15, -0.1) is 0 Å². The highest BCUT2D eigenvalue weighted by atomic mass is 35.5. The second-order valence-electron chi connectivity index (χ2n) is 4.10. The average Bonchev–Trinajstić information content (AvgIpc) is 2.87. The second-order valence-corrected chi connectivity index (χ2v) is 5.51. The van der Waals surface area contributed by atoms with Gasteiger partial charge in [-0.3, -0.25) is 14.9 Å². The van der Waals surface area contributed by atoms with Gasteiger partial charge in [-0.25, -0.2) is 9.37 Å². The molecule has 0 bridgehead atoms. The van der Waals surface area contributed by atoms with Gasteiger partial charge in [0.2, 0.25) is 0 Å². The lowest BCUT2D eigenvalue weighted by Gasteiger charge is -2.19. The largest absolute Gasteiger partial charge is 0.381 e. The maximum Gasteiger partial charge on any atom is 0.276 e. The fraction of sp³-hybridized carbons (Fsp3) is 0.545. The van der Waals surface area contributed by atoms with Crippen LogP contribution in [0.15, 0.2) is 6.20 Å². The third-order valence-corrected chi connectivity index (χ3v) is 3.83. The topological polar surface area (TPSA) is 68.3 Å². The molecule has 5 nitrogen and oxygen atoms in total. The summed E-state index contributed by atoms with van der Waals surface area (Å²) in [5.41, 5.74) is -2.13. The van der Waals surface area contributed by atoms with Crippen molar-refractivity contribution in [1.29, 1.82) is 0 Å². The SMILES string of the molecule is O=C(Nc1ncc(C(=O)C2CCCOC2)s1)C(F)Cl. The molecule has 8 heteroatoms. The number of carbonyl (C=O) groups excluding carboxylic acids is 2. The lowest BCUT2D eigenvalue weighted by molar-refractivity contribution is -0.118. The molecule has 1 fully saturated rings. The Hall–Kier alpha value is -1.05. The van der Waals surface area contributed by atoms with Gasteiger partial charge in [-0.2, -0.15) is 0 Å². The normalized spacial score (nSPS) is 20.8. The van der Waals surface area contributed by atoms with E-state index in [1.54, 1.807) is 0 Å². The molecule has 0 aromatic carbocycles. The van der Waals surface area contributed by atoms with Crippen molar-refractivity contribution in [2.75, 3.05) is 18.5 Å². The molecule has 2 heterocycles. The van der Waals surface area contributed by atoms with Crippen LogP contribution in [0.1, 0.15) is 22.5 Å². The van der Waals surface area contributed by atoms with Crippen LogP contribution in [-0.4, -0.2) is 35.5 Å². The number of hydrogen-bond acceptors (Lipinski definition) is 5. The van der Waals surface area contributed by atoms with Crippen molar-refractivity contribution < 1.29 is 18.7 Å². The minimum absolute atomic E-state index is 0.0552. The predicted molar refractivity (Wildman–Crippen MR) is 69.4 cm³/mol. The predicted octanol–water partition coefficient (Wildman–Crippen LogP) is 2.23. The van der Waals surface area contributed by atoms with E-state index in [4.69, 9.17) is 16.3 Å². The number of nitrogens with one attached hydrogen (secondary N) is 1. The first-order chi connectivity index (χ1) is 9.08. The zero-order chi connectivity index (χ0) is 13.8. The smallest absolute Gasteiger partial charge is 0.276 e. The van der Waals surface area contributed by atoms with E-state index in [2.05, 4.69) is 10.3 Å². The zero-order valence-corrected chi connectivity index (χ0v) is 11.5. The molecule has 0 saturated carbocycles. The number of rotatable bonds is 4. The van der Waals surface area contributed by atoms with E-state index in [1.807, 2.05) is 0 Å². The summed E-state index contributed by atoms with van der Waals surface area (Å²) in [6, 6.07) is 0. The summed E-state index contributed by atoms with van der Waals surface area (Å²) in [7, 11) is 0. The van der Waals surface area contributed by atoms with Crippen LogP contribution in [0.3, 0.4) is 0 Å². The monoisotopic (exact) mass is 306 g/mol. The molecule has 1 aromatic rings. The number of hydrogen-bond donors (Lipinski definition) is 1. The number of Topliss-reactive ketones (excluding diaryl/α,β-unsaturated/α-hetero) is 1. The Kier molecular flexibility index (Phi) is 4.84. The number of thiazole rings is 1. The summed E-state index contributed by atoms with van der Waals surface area (Å²) in [6.07, 6.45) is 3.01. The minimum atomic E-state index is -2.13. The summed E-state index contributed by atoms with van der Waals surface area (Å²) in [5.74, 6) is -1.21. The van der Waals surface area contributed by atoms with Gasteiger partial charge < -0.3 is 4.74 Å². The maximum absolute atomic E-state index is 12.5. The Bertz CT molecular complexity index is 474. The number of anilines is 1. The summed E-state index contributed by atoms with van der Waals surface area (Å²) < 4.78 is 17.7. The van der Waals surface area contributed by atoms with E-state index in [9.17, 15) is 14.0 Å². The highest BCUT2D eigenvalue weighted by molar-refractivity contribution is 7.17. The van der Waals surface area contributed by atoms with Crippen molar-refractivity contribution in [1.82, 2.24) is 4.98 Å². The van der Waals surface area contributed by atoms with Crippen molar-refractivity contribution in [3.8, 4) is 0 Å². The number of alkyl halides is 2. The van der Waals surface area contributed by atoms with Crippen molar-refractivity contribution >= 4 is 39.8 Å². The molecule has 2 rings (SSSR count). The summed E-state index contributed by atoms with van der Waals surface area (Å²) in [4.78, 5) is 27.4. The Morgan fingerprint density at radius 3 is 3.05 bits per heavy atom. The maximum atomic E-state index is 12.5. The van der Waals surface area contributed by atoms with Crippen LogP contribution in [0, 0.1) is 5.92 Å². The average molecular weight is 307 g/mol. The molecule has 0 radical (unpaired) electrons. The molecule has 19 heavy (non-hydrogen) atoms. The third kappa shape index (κ3) is 3.71. The zero-order valence-electron chi connectivity index (χ0n) is 9.90. The fourth-order valence-electron chi connectivity index (χ4n) is 1.75. The van der Waals surface area contributed by atoms with Gasteiger partial charge >= 0.3 is 0 Å². The van der Waals surface area contributed by atoms with Crippen LogP contribution in [-0.2, 0) is 9.53 Å². The van der Waals surface area contributed by atoms with Crippen LogP contribution < -0.4 is 5.32 Å². The number of halogens is 2. The number of aromatic nitrogens is 1. The molecule has 1 aliphatic heterocycles. The van der Waals surface area contributed by atoms with Gasteiger partial charge in [0.25, 0.3) is 11.5 Å². The number of nitrogens with zero attached hydrogens (tertiary/aromatic N) is 1. The van der Waals surface area contributed by atoms with Gasteiger partial charge in [0.1, 0.15) is 0 Å². The van der Waals surface area contributed by atoms with Crippen LogP contribution >= 0.6 is 22.9 Å². The summed E-state index contributed by atoms with van der Waals surface area (Å²) >= 11 is 5.99. The molecule has 1 N–H and O–H groups in total. The molecule has 1 aliphatic rings. The van der Waals surface area contributed by atoms with Crippen molar-refractivity contribution in [3.63, 3.8) is 0 Å². The number of carbonyl (C=O) groups is 2. The molecule has 1 aromatic heterocycles. The van der Waals surface area contributed by atoms with Gasteiger partial charge in [0, 0.05) is 12.5 Å². The van der Waals surface area contributed by atoms with Crippen molar-refractivity contribution in [2.24, 2.45) is 5.92 Å². The summed E-state index contributed by atoms with van der Waals surface area (Å²) in [5, 5.41) is 2.36. The van der Waals surface area contributed by atoms with E-state index in [1.165, 1.54) is 6.20 Å². The third-order valence-electron chi connectivity index (χ3n) is 2.71. The van der Waals surface area contributed by atoms with E-state index < -0.39 is 11.5 Å². The first-order valence-corrected chi connectivity index (χ1v) is 7.00. The number of ketones is 1. The lowest BCUT2D eigenvalue weighted by atomic mass is 9.97. The second kappa shape index (κ2) is 6.40.